The molecule has 0 rings (SSSR count). The number of rotatable bonds is 5. The van der Waals surface area contributed by atoms with Gasteiger partial charge < -0.3 is 15.3 Å². The molecule has 0 atom stereocenters. The number of urea groups is 1. The number of nitrogens with one attached hydrogen (secondary N) is 1. The molecule has 0 aromatic carbocycles. The lowest BCUT2D eigenvalue weighted by molar-refractivity contribution is -0.146. The number of aliphatic carboxylic acids is 1. The number of amides is 2. The molecule has 0 heterocycles. The van der Waals surface area contributed by atoms with Gasteiger partial charge in [-0.05, 0) is 20.8 Å². The Labute approximate surface area is 95.8 Å². The average molecular weight is 226 g/mol. The predicted molar refractivity (Wildman–Crippen MR) is 60.9 cm³/mol. The average Bonchev–Trinajstić information content (AvgIpc) is 2.22. The molecule has 0 aromatic heterocycles. The zero-order chi connectivity index (χ0) is 12.8. The first-order valence-electron chi connectivity index (χ1n) is 5.04. The standard InChI is InChI=1S/C11H18N2O3/c1-5-7-13(6-2)10(16)12-8-11(3,4)9(14)15/h1H,6-8H2,2-4H3,(H,12,16)(H,14,15). The quantitative estimate of drug-likeness (QED) is 0.680. The third-order valence-electron chi connectivity index (χ3n) is 2.21. The summed E-state index contributed by atoms with van der Waals surface area (Å²) in [7, 11) is 0. The zero-order valence-corrected chi connectivity index (χ0v) is 9.91. The van der Waals surface area contributed by atoms with Crippen molar-refractivity contribution < 1.29 is 14.7 Å². The van der Waals surface area contributed by atoms with Crippen LogP contribution < -0.4 is 5.32 Å². The van der Waals surface area contributed by atoms with E-state index < -0.39 is 11.4 Å². The zero-order valence-electron chi connectivity index (χ0n) is 9.91. The normalized spacial score (nSPS) is 10.4. The highest BCUT2D eigenvalue weighted by atomic mass is 16.4. The van der Waals surface area contributed by atoms with Crippen molar-refractivity contribution in [1.82, 2.24) is 10.2 Å². The number of hydrogen-bond donors (Lipinski definition) is 2. The van der Waals surface area contributed by atoms with E-state index in [2.05, 4.69) is 11.2 Å². The Morgan fingerprint density at radius 2 is 2.06 bits per heavy atom. The van der Waals surface area contributed by atoms with E-state index in [1.165, 1.54) is 4.90 Å². The summed E-state index contributed by atoms with van der Waals surface area (Å²) in [5.41, 5.74) is -0.981. The lowest BCUT2D eigenvalue weighted by Gasteiger charge is -2.23. The summed E-state index contributed by atoms with van der Waals surface area (Å²) < 4.78 is 0. The third kappa shape index (κ3) is 4.22. The molecule has 90 valence electrons. The first kappa shape index (κ1) is 14.3. The molecule has 0 saturated heterocycles. The number of carbonyl (C=O) groups excluding carboxylic acids is 1. The van der Waals surface area contributed by atoms with Gasteiger partial charge in [-0.25, -0.2) is 4.79 Å². The highest BCUT2D eigenvalue weighted by molar-refractivity contribution is 5.77. The minimum atomic E-state index is -0.981. The molecular weight excluding hydrogens is 208 g/mol. The van der Waals surface area contributed by atoms with Crippen molar-refractivity contribution >= 4 is 12.0 Å². The van der Waals surface area contributed by atoms with E-state index in [1.807, 2.05) is 0 Å². The van der Waals surface area contributed by atoms with Crippen LogP contribution in [-0.4, -0.2) is 41.6 Å². The van der Waals surface area contributed by atoms with Crippen LogP contribution in [0.5, 0.6) is 0 Å². The Kier molecular flexibility index (Phi) is 5.37. The van der Waals surface area contributed by atoms with Crippen LogP contribution in [0, 0.1) is 17.8 Å². The number of terminal acetylenes is 1. The molecule has 0 aliphatic rings. The van der Waals surface area contributed by atoms with Gasteiger partial charge in [0.15, 0.2) is 0 Å². The second-order valence-corrected chi connectivity index (χ2v) is 4.07. The fraction of sp³-hybridized carbons (Fsp3) is 0.636. The minimum Gasteiger partial charge on any atom is -0.481 e. The van der Waals surface area contributed by atoms with Crippen LogP contribution >= 0.6 is 0 Å². The predicted octanol–water partition coefficient (Wildman–Crippen LogP) is 0.762. The van der Waals surface area contributed by atoms with E-state index in [-0.39, 0.29) is 19.1 Å². The van der Waals surface area contributed by atoms with E-state index in [4.69, 9.17) is 11.5 Å². The molecule has 0 saturated carbocycles. The van der Waals surface area contributed by atoms with Gasteiger partial charge in [-0.15, -0.1) is 6.42 Å². The molecule has 0 radical (unpaired) electrons. The molecule has 16 heavy (non-hydrogen) atoms. The van der Waals surface area contributed by atoms with Gasteiger partial charge in [-0.1, -0.05) is 5.92 Å². The van der Waals surface area contributed by atoms with Crippen LogP contribution in [0.3, 0.4) is 0 Å². The number of hydrogen-bond acceptors (Lipinski definition) is 2. The van der Waals surface area contributed by atoms with E-state index in [9.17, 15) is 9.59 Å². The van der Waals surface area contributed by atoms with Crippen LogP contribution in [-0.2, 0) is 4.79 Å². The van der Waals surface area contributed by atoms with Crippen LogP contribution in [0.4, 0.5) is 4.79 Å². The molecule has 5 heteroatoms. The fourth-order valence-corrected chi connectivity index (χ4v) is 0.921. The van der Waals surface area contributed by atoms with Gasteiger partial charge in [0.25, 0.3) is 0 Å². The van der Waals surface area contributed by atoms with Crippen molar-refractivity contribution in [3.8, 4) is 12.3 Å². The second kappa shape index (κ2) is 6.01. The van der Waals surface area contributed by atoms with Crippen molar-refractivity contribution in [2.24, 2.45) is 5.41 Å². The van der Waals surface area contributed by atoms with Crippen LogP contribution in [0.15, 0.2) is 0 Å². The maximum atomic E-state index is 11.6. The Balaban J connectivity index is 4.26. The van der Waals surface area contributed by atoms with E-state index in [0.29, 0.717) is 6.54 Å². The molecule has 0 aliphatic heterocycles. The van der Waals surface area contributed by atoms with Crippen molar-refractivity contribution in [2.45, 2.75) is 20.8 Å². The maximum Gasteiger partial charge on any atom is 0.318 e. The summed E-state index contributed by atoms with van der Waals surface area (Å²) in [4.78, 5) is 23.8. The summed E-state index contributed by atoms with van der Waals surface area (Å²) in [6.45, 7) is 5.68. The van der Waals surface area contributed by atoms with Crippen molar-refractivity contribution in [1.29, 1.82) is 0 Å². The molecule has 0 aliphatic carbocycles. The number of nitrogens with zero attached hydrogens (tertiary/aromatic N) is 1. The molecule has 2 amide bonds. The van der Waals surface area contributed by atoms with Crippen LogP contribution in [0.2, 0.25) is 0 Å². The largest absolute Gasteiger partial charge is 0.481 e. The van der Waals surface area contributed by atoms with Crippen LogP contribution in [0.1, 0.15) is 20.8 Å². The van der Waals surface area contributed by atoms with Crippen molar-refractivity contribution in [3.63, 3.8) is 0 Å². The van der Waals surface area contributed by atoms with E-state index >= 15 is 0 Å². The highest BCUT2D eigenvalue weighted by Crippen LogP contribution is 2.13. The minimum absolute atomic E-state index is 0.0717. The van der Waals surface area contributed by atoms with Gasteiger partial charge in [0.05, 0.1) is 12.0 Å². The lowest BCUT2D eigenvalue weighted by atomic mass is 9.94. The Morgan fingerprint density at radius 3 is 2.44 bits per heavy atom. The molecule has 0 bridgehead atoms. The monoisotopic (exact) mass is 226 g/mol. The van der Waals surface area contributed by atoms with Crippen molar-refractivity contribution in [3.05, 3.63) is 0 Å². The first-order chi connectivity index (χ1) is 7.35. The summed E-state index contributed by atoms with van der Waals surface area (Å²) in [6, 6.07) is -0.338. The maximum absolute atomic E-state index is 11.6. The van der Waals surface area contributed by atoms with Crippen molar-refractivity contribution in [2.75, 3.05) is 19.6 Å². The topological polar surface area (TPSA) is 69.6 Å². The summed E-state index contributed by atoms with van der Waals surface area (Å²) >= 11 is 0. The van der Waals surface area contributed by atoms with Crippen LogP contribution in [0.25, 0.3) is 0 Å². The smallest absolute Gasteiger partial charge is 0.318 e. The molecule has 0 unspecified atom stereocenters. The van der Waals surface area contributed by atoms with Gasteiger partial charge in [-0.3, -0.25) is 4.79 Å². The van der Waals surface area contributed by atoms with E-state index in [0.717, 1.165) is 0 Å². The summed E-state index contributed by atoms with van der Waals surface area (Å²) in [5.74, 6) is 1.42. The van der Waals surface area contributed by atoms with Gasteiger partial charge in [-0.2, -0.15) is 0 Å². The van der Waals surface area contributed by atoms with Gasteiger partial charge in [0, 0.05) is 13.1 Å². The molecule has 2 N–H and O–H groups in total. The van der Waals surface area contributed by atoms with Gasteiger partial charge >= 0.3 is 12.0 Å². The number of carboxylic acid groups (broad SMARTS) is 1. The Bertz CT molecular complexity index is 305. The fourth-order valence-electron chi connectivity index (χ4n) is 0.921. The molecular formula is C11H18N2O3. The lowest BCUT2D eigenvalue weighted by Crippen LogP contribution is -2.45. The van der Waals surface area contributed by atoms with Gasteiger partial charge in [0.2, 0.25) is 0 Å². The molecule has 0 fully saturated rings. The Hall–Kier alpha value is -1.70. The third-order valence-corrected chi connectivity index (χ3v) is 2.21. The number of carbonyl (C=O) groups is 2. The van der Waals surface area contributed by atoms with Gasteiger partial charge in [0.1, 0.15) is 0 Å². The second-order valence-electron chi connectivity index (χ2n) is 4.07. The highest BCUT2D eigenvalue weighted by Gasteiger charge is 2.28. The van der Waals surface area contributed by atoms with E-state index in [1.54, 1.807) is 20.8 Å². The Morgan fingerprint density at radius 1 is 1.50 bits per heavy atom. The molecule has 5 nitrogen and oxygen atoms in total. The summed E-state index contributed by atoms with van der Waals surface area (Å²) in [6.07, 6.45) is 5.11. The first-order valence-corrected chi connectivity index (χ1v) is 5.04. The number of carboxylic acids is 1. The molecule has 0 aromatic rings. The SMILES string of the molecule is C#CCN(CC)C(=O)NCC(C)(C)C(=O)O. The molecule has 0 spiro atoms. The summed E-state index contributed by atoms with van der Waals surface area (Å²) in [5, 5.41) is 11.4.